The van der Waals surface area contributed by atoms with Gasteiger partial charge in [0.05, 0.1) is 91.5 Å². The molecule has 5 atom stereocenters. The van der Waals surface area contributed by atoms with Crippen molar-refractivity contribution in [2.75, 3.05) is 80.2 Å². The van der Waals surface area contributed by atoms with Crippen LogP contribution in [0.3, 0.4) is 0 Å². The smallest absolute Gasteiger partial charge is 0.339 e. The fraction of sp³-hybridized carbons (Fsp3) is 0.706. The summed E-state index contributed by atoms with van der Waals surface area (Å²) in [7, 11) is 2.82. The van der Waals surface area contributed by atoms with E-state index in [4.69, 9.17) is 37.9 Å². The Morgan fingerprint density at radius 3 is 2.13 bits per heavy atom. The molecule has 19 nitrogen and oxygen atoms in total. The van der Waals surface area contributed by atoms with Gasteiger partial charge >= 0.3 is 5.97 Å². The maximum atomic E-state index is 12.1. The number of phenols is 2. The van der Waals surface area contributed by atoms with Crippen molar-refractivity contribution in [1.82, 2.24) is 20.3 Å². The fourth-order valence-corrected chi connectivity index (χ4v) is 5.20. The molecule has 6 N–H and O–H groups in total. The third-order valence-corrected chi connectivity index (χ3v) is 8.10. The standard InChI is InChI=1S/C20H38N4O6.C14H16O9/c1-18(2)4-6-24-16-19(22-23-24)17-30-15-14-29-13-12-28-11-10-27-9-8-26-7-5-20(25)21-3;1-21-11-5(16)2-4-7(9(11)18)12-13(23-14(4)20)10(19)8(17)6(3-15)22-12/h16,18H,4-15,17H2,1-3H3,(H,21,25);2,6,8,10,12-13,15-19H,3H2,1H3/t;6-,8-,10+,12+,13-/m.1/s1. The number of phenolic OH excluding ortho intramolecular Hbond substituents is 2. The van der Waals surface area contributed by atoms with E-state index in [1.165, 1.54) is 7.11 Å². The molecule has 0 bridgehead atoms. The zero-order chi connectivity index (χ0) is 38.8. The predicted molar refractivity (Wildman–Crippen MR) is 183 cm³/mol. The number of aryl methyl sites for hydroxylation is 1. The van der Waals surface area contributed by atoms with Crippen molar-refractivity contribution in [1.29, 1.82) is 0 Å². The summed E-state index contributed by atoms with van der Waals surface area (Å²) in [6.45, 7) is 9.51. The van der Waals surface area contributed by atoms with E-state index in [1.54, 1.807) is 7.05 Å². The van der Waals surface area contributed by atoms with E-state index < -0.39 is 54.6 Å². The first-order valence-electron chi connectivity index (χ1n) is 17.5. The number of carbonyl (C=O) groups excluding carboxylic acids is 2. The number of nitrogens with one attached hydrogen (secondary N) is 1. The summed E-state index contributed by atoms with van der Waals surface area (Å²) in [4.78, 5) is 23.0. The van der Waals surface area contributed by atoms with Crippen LogP contribution in [0.5, 0.6) is 17.2 Å². The predicted octanol–water partition coefficient (Wildman–Crippen LogP) is -0.157. The molecule has 1 aromatic carbocycles. The SMILES string of the molecule is CNC(=O)CCOCCOCCOCCOCCOCc1cn(CCC(C)C)nn1.COc1c(O)cc2c(c1O)[C@@H]1O[C@H](CO)[C@@H](O)[C@H](O)[C@H]1OC2=O. The van der Waals surface area contributed by atoms with Crippen LogP contribution in [-0.2, 0) is 51.1 Å². The number of hydrogen-bond donors (Lipinski definition) is 6. The highest BCUT2D eigenvalue weighted by Crippen LogP contribution is 2.49. The Morgan fingerprint density at radius 1 is 0.962 bits per heavy atom. The van der Waals surface area contributed by atoms with E-state index in [1.807, 2.05) is 10.9 Å². The number of rotatable bonds is 22. The van der Waals surface area contributed by atoms with Crippen LogP contribution in [0.1, 0.15) is 54.4 Å². The number of aliphatic hydroxyl groups is 3. The maximum absolute atomic E-state index is 12.1. The summed E-state index contributed by atoms with van der Waals surface area (Å²) in [6.07, 6.45) is -3.13. The van der Waals surface area contributed by atoms with Crippen LogP contribution in [0, 0.1) is 5.92 Å². The van der Waals surface area contributed by atoms with Crippen molar-refractivity contribution in [2.45, 2.75) is 70.4 Å². The van der Waals surface area contributed by atoms with Gasteiger partial charge in [-0.25, -0.2) is 4.79 Å². The first kappa shape index (κ1) is 43.7. The highest BCUT2D eigenvalue weighted by Gasteiger charge is 2.52. The van der Waals surface area contributed by atoms with Crippen LogP contribution < -0.4 is 10.1 Å². The molecule has 0 unspecified atom stereocenters. The van der Waals surface area contributed by atoms with Crippen molar-refractivity contribution in [3.63, 3.8) is 0 Å². The molecule has 3 heterocycles. The van der Waals surface area contributed by atoms with Crippen molar-refractivity contribution in [2.24, 2.45) is 5.92 Å². The molecule has 1 saturated heterocycles. The number of carbonyl (C=O) groups is 2. The Kier molecular flexibility index (Phi) is 19.1. The summed E-state index contributed by atoms with van der Waals surface area (Å²) in [5, 5.41) is 60.1. The molecule has 53 heavy (non-hydrogen) atoms. The van der Waals surface area contributed by atoms with Gasteiger partial charge in [-0.1, -0.05) is 19.1 Å². The molecule has 0 radical (unpaired) electrons. The third-order valence-electron chi connectivity index (χ3n) is 8.10. The van der Waals surface area contributed by atoms with Gasteiger partial charge in [0.15, 0.2) is 17.6 Å². The zero-order valence-electron chi connectivity index (χ0n) is 30.7. The Hall–Kier alpha value is -3.66. The van der Waals surface area contributed by atoms with E-state index in [9.17, 15) is 35.1 Å². The molecule has 0 saturated carbocycles. The van der Waals surface area contributed by atoms with Crippen LogP contribution in [-0.4, -0.2) is 157 Å². The first-order valence-corrected chi connectivity index (χ1v) is 17.5. The second-order valence-corrected chi connectivity index (χ2v) is 12.4. The molecule has 1 aromatic heterocycles. The van der Waals surface area contributed by atoms with Gasteiger partial charge in [0.2, 0.25) is 11.7 Å². The number of ether oxygens (including phenoxy) is 8. The number of hydrogen-bond acceptors (Lipinski definition) is 17. The zero-order valence-corrected chi connectivity index (χ0v) is 30.7. The Balaban J connectivity index is 0.000000294. The molecule has 2 aliphatic heterocycles. The topological polar surface area (TPSA) is 252 Å². The monoisotopic (exact) mass is 758 g/mol. The Morgan fingerprint density at radius 2 is 1.57 bits per heavy atom. The van der Waals surface area contributed by atoms with Gasteiger partial charge in [-0.15, -0.1) is 5.10 Å². The largest absolute Gasteiger partial charge is 0.504 e. The molecule has 2 aliphatic rings. The summed E-state index contributed by atoms with van der Waals surface area (Å²) >= 11 is 0. The first-order chi connectivity index (χ1) is 25.5. The number of aromatic nitrogens is 3. The average Bonchev–Trinajstić information content (AvgIpc) is 3.60. The minimum absolute atomic E-state index is 0.0281. The highest BCUT2D eigenvalue weighted by atomic mass is 16.6. The maximum Gasteiger partial charge on any atom is 0.339 e. The minimum atomic E-state index is -1.51. The lowest BCUT2D eigenvalue weighted by Crippen LogP contribution is -2.58. The van der Waals surface area contributed by atoms with Gasteiger partial charge in [0.1, 0.15) is 30.1 Å². The highest BCUT2D eigenvalue weighted by molar-refractivity contribution is 5.95. The van der Waals surface area contributed by atoms with E-state index in [0.717, 1.165) is 24.7 Å². The van der Waals surface area contributed by atoms with Gasteiger partial charge in [-0.2, -0.15) is 0 Å². The van der Waals surface area contributed by atoms with Gasteiger partial charge in [-0.3, -0.25) is 9.48 Å². The molecular weight excluding hydrogens is 704 g/mol. The molecule has 19 heteroatoms. The van der Waals surface area contributed by atoms with Crippen molar-refractivity contribution < 1.29 is 73.0 Å². The molecule has 4 rings (SSSR count). The lowest BCUT2D eigenvalue weighted by Gasteiger charge is -2.44. The molecule has 0 aliphatic carbocycles. The fourth-order valence-electron chi connectivity index (χ4n) is 5.20. The number of amides is 1. The molecule has 300 valence electrons. The van der Waals surface area contributed by atoms with Crippen LogP contribution in [0.15, 0.2) is 12.3 Å². The van der Waals surface area contributed by atoms with Crippen molar-refractivity contribution in [3.05, 3.63) is 29.1 Å². The quantitative estimate of drug-likeness (QED) is 0.0674. The van der Waals surface area contributed by atoms with Gasteiger partial charge in [0, 0.05) is 25.6 Å². The van der Waals surface area contributed by atoms with Crippen molar-refractivity contribution >= 4 is 11.9 Å². The van der Waals surface area contributed by atoms with E-state index in [-0.39, 0.29) is 22.8 Å². The summed E-state index contributed by atoms with van der Waals surface area (Å²) < 4.78 is 44.4. The number of aliphatic hydroxyl groups excluding tert-OH is 3. The second kappa shape index (κ2) is 23.2. The lowest BCUT2D eigenvalue weighted by molar-refractivity contribution is -0.235. The van der Waals surface area contributed by atoms with E-state index in [0.29, 0.717) is 78.4 Å². The molecule has 1 amide bonds. The van der Waals surface area contributed by atoms with Crippen LogP contribution >= 0.6 is 0 Å². The Bertz CT molecular complexity index is 1390. The lowest BCUT2D eigenvalue weighted by atomic mass is 9.86. The van der Waals surface area contributed by atoms with E-state index in [2.05, 4.69) is 29.5 Å². The number of nitrogens with zero attached hydrogens (tertiary/aromatic N) is 3. The summed E-state index contributed by atoms with van der Waals surface area (Å²) in [5.41, 5.74) is 0.645. The van der Waals surface area contributed by atoms with E-state index >= 15 is 0 Å². The van der Waals surface area contributed by atoms with Gasteiger partial charge in [0.25, 0.3) is 0 Å². The molecular formula is C34H54N4O15. The number of fused-ring (bicyclic) bond motifs is 3. The summed E-state index contributed by atoms with van der Waals surface area (Å²) in [5.74, 6) is -1.54. The normalized spacial score (nSPS) is 20.6. The van der Waals surface area contributed by atoms with Gasteiger partial charge in [-0.05, 0) is 18.4 Å². The number of benzene rings is 1. The number of aromatic hydroxyl groups is 2. The van der Waals surface area contributed by atoms with Crippen LogP contribution in [0.4, 0.5) is 0 Å². The average molecular weight is 759 g/mol. The molecule has 1 fully saturated rings. The summed E-state index contributed by atoms with van der Waals surface area (Å²) in [6, 6.07) is 1.06. The second-order valence-electron chi connectivity index (χ2n) is 12.4. The minimum Gasteiger partial charge on any atom is -0.504 e. The molecule has 2 aromatic rings. The number of methoxy groups -OCH3 is 1. The third kappa shape index (κ3) is 13.6. The molecule has 0 spiro atoms. The number of esters is 1. The van der Waals surface area contributed by atoms with Crippen molar-refractivity contribution in [3.8, 4) is 17.2 Å². The van der Waals surface area contributed by atoms with Crippen LogP contribution in [0.2, 0.25) is 0 Å². The van der Waals surface area contributed by atoms with Crippen LogP contribution in [0.25, 0.3) is 0 Å². The van der Waals surface area contributed by atoms with Gasteiger partial charge < -0.3 is 68.7 Å². The Labute approximate surface area is 308 Å².